The smallest absolute Gasteiger partial charge is 0.181 e. The molecular weight excluding hydrogens is 150 g/mol. The van der Waals surface area contributed by atoms with Gasteiger partial charge in [0.15, 0.2) is 0 Å². The molecule has 3 heteroatoms. The molecule has 0 saturated carbocycles. The molecular formula is C9H16N3+. The fraction of sp³-hybridized carbons (Fsp3) is 0.778. The van der Waals surface area contributed by atoms with E-state index in [1.54, 1.807) is 0 Å². The standard InChI is InChI=1S/C9H16N3/c1-7-5-4-6-9-10-8(2)11(3)12(7)9/h7H,4-6H2,1-3H3/q+1. The van der Waals surface area contributed by atoms with Crippen LogP contribution in [0.2, 0.25) is 0 Å². The molecule has 2 heterocycles. The number of fused-ring (bicyclic) bond motifs is 1. The second-order valence-electron chi connectivity index (χ2n) is 3.68. The maximum atomic E-state index is 4.53. The van der Waals surface area contributed by atoms with Crippen molar-refractivity contribution in [1.29, 1.82) is 0 Å². The van der Waals surface area contributed by atoms with Crippen LogP contribution in [0, 0.1) is 6.92 Å². The number of aromatic nitrogens is 3. The topological polar surface area (TPSA) is 21.7 Å². The van der Waals surface area contributed by atoms with Crippen molar-refractivity contribution in [3.8, 4) is 0 Å². The van der Waals surface area contributed by atoms with Gasteiger partial charge in [-0.1, -0.05) is 0 Å². The van der Waals surface area contributed by atoms with Crippen molar-refractivity contribution in [3.05, 3.63) is 11.6 Å². The third-order valence-electron chi connectivity index (χ3n) is 2.79. The molecule has 3 nitrogen and oxygen atoms in total. The summed E-state index contributed by atoms with van der Waals surface area (Å²) in [4.78, 5) is 4.53. The van der Waals surface area contributed by atoms with Gasteiger partial charge in [0.05, 0.1) is 13.5 Å². The van der Waals surface area contributed by atoms with Crippen LogP contribution in [0.1, 0.15) is 37.5 Å². The lowest BCUT2D eigenvalue weighted by Gasteiger charge is -2.15. The van der Waals surface area contributed by atoms with Gasteiger partial charge in [0.25, 0.3) is 5.82 Å². The molecule has 1 aromatic heterocycles. The second-order valence-corrected chi connectivity index (χ2v) is 3.68. The van der Waals surface area contributed by atoms with Crippen LogP contribution in [0.15, 0.2) is 0 Å². The maximum Gasteiger partial charge on any atom is 0.319 e. The van der Waals surface area contributed by atoms with Gasteiger partial charge in [-0.15, -0.1) is 0 Å². The zero-order valence-electron chi connectivity index (χ0n) is 8.04. The van der Waals surface area contributed by atoms with Crippen LogP contribution in [0.3, 0.4) is 0 Å². The number of aryl methyl sites for hydroxylation is 2. The van der Waals surface area contributed by atoms with E-state index in [9.17, 15) is 0 Å². The predicted molar refractivity (Wildman–Crippen MR) is 45.8 cm³/mol. The van der Waals surface area contributed by atoms with Crippen molar-refractivity contribution in [2.24, 2.45) is 7.05 Å². The van der Waals surface area contributed by atoms with E-state index in [0.717, 1.165) is 12.2 Å². The maximum absolute atomic E-state index is 4.53. The van der Waals surface area contributed by atoms with E-state index < -0.39 is 0 Å². The van der Waals surface area contributed by atoms with E-state index in [1.807, 2.05) is 0 Å². The van der Waals surface area contributed by atoms with Gasteiger partial charge in [0.2, 0.25) is 0 Å². The van der Waals surface area contributed by atoms with Crippen molar-refractivity contribution in [2.75, 3.05) is 0 Å². The molecule has 0 N–H and O–H groups in total. The van der Waals surface area contributed by atoms with E-state index in [1.165, 1.54) is 18.7 Å². The van der Waals surface area contributed by atoms with Crippen molar-refractivity contribution >= 4 is 0 Å². The Labute approximate surface area is 73.0 Å². The first-order valence-electron chi connectivity index (χ1n) is 4.64. The Morgan fingerprint density at radius 3 is 3.00 bits per heavy atom. The Balaban J connectivity index is 2.54. The first-order chi connectivity index (χ1) is 5.70. The fourth-order valence-corrected chi connectivity index (χ4v) is 2.04. The summed E-state index contributed by atoms with van der Waals surface area (Å²) in [6.07, 6.45) is 3.72. The minimum absolute atomic E-state index is 0.625. The molecule has 0 fully saturated rings. The summed E-state index contributed by atoms with van der Waals surface area (Å²) in [6.45, 7) is 4.34. The molecule has 1 aliphatic rings. The van der Waals surface area contributed by atoms with E-state index in [4.69, 9.17) is 0 Å². The average Bonchev–Trinajstić information content (AvgIpc) is 2.29. The Morgan fingerprint density at radius 2 is 2.33 bits per heavy atom. The summed E-state index contributed by atoms with van der Waals surface area (Å²) in [5.41, 5.74) is 0. The minimum atomic E-state index is 0.625. The number of rotatable bonds is 0. The van der Waals surface area contributed by atoms with Gasteiger partial charge in [-0.2, -0.15) is 9.36 Å². The Morgan fingerprint density at radius 1 is 1.58 bits per heavy atom. The zero-order valence-corrected chi connectivity index (χ0v) is 8.04. The Bertz CT molecular complexity index is 301. The van der Waals surface area contributed by atoms with Crippen molar-refractivity contribution < 1.29 is 4.68 Å². The van der Waals surface area contributed by atoms with Gasteiger partial charge in [-0.25, -0.2) is 0 Å². The molecule has 1 aromatic rings. The van der Waals surface area contributed by atoms with Crippen molar-refractivity contribution in [2.45, 2.75) is 39.2 Å². The lowest BCUT2D eigenvalue weighted by Crippen LogP contribution is -2.50. The van der Waals surface area contributed by atoms with Gasteiger partial charge in [0, 0.05) is 6.92 Å². The van der Waals surface area contributed by atoms with E-state index in [2.05, 4.69) is 35.2 Å². The lowest BCUT2D eigenvalue weighted by molar-refractivity contribution is -0.804. The van der Waals surface area contributed by atoms with Gasteiger partial charge in [-0.3, -0.25) is 0 Å². The molecule has 0 bridgehead atoms. The molecule has 1 aliphatic heterocycles. The predicted octanol–water partition coefficient (Wildman–Crippen LogP) is 0.913. The molecule has 1 atom stereocenters. The molecule has 12 heavy (non-hydrogen) atoms. The monoisotopic (exact) mass is 166 g/mol. The summed E-state index contributed by atoms with van der Waals surface area (Å²) >= 11 is 0. The van der Waals surface area contributed by atoms with Crippen molar-refractivity contribution in [1.82, 2.24) is 9.67 Å². The summed E-state index contributed by atoms with van der Waals surface area (Å²) in [6, 6.07) is 0.625. The average molecular weight is 166 g/mol. The molecule has 66 valence electrons. The number of hydrogen-bond acceptors (Lipinski definition) is 1. The summed E-state index contributed by atoms with van der Waals surface area (Å²) < 4.78 is 4.48. The molecule has 2 rings (SSSR count). The largest absolute Gasteiger partial charge is 0.319 e. The fourth-order valence-electron chi connectivity index (χ4n) is 2.04. The van der Waals surface area contributed by atoms with Crippen LogP contribution in [0.25, 0.3) is 0 Å². The van der Waals surface area contributed by atoms with Gasteiger partial charge in [0.1, 0.15) is 6.04 Å². The Kier molecular flexibility index (Phi) is 1.67. The van der Waals surface area contributed by atoms with Crippen LogP contribution >= 0.6 is 0 Å². The quantitative estimate of drug-likeness (QED) is 0.525. The summed E-state index contributed by atoms with van der Waals surface area (Å²) in [7, 11) is 2.09. The highest BCUT2D eigenvalue weighted by atomic mass is 15.5. The highest BCUT2D eigenvalue weighted by molar-refractivity contribution is 4.85. The highest BCUT2D eigenvalue weighted by Gasteiger charge is 2.28. The molecule has 0 spiro atoms. The van der Waals surface area contributed by atoms with E-state index >= 15 is 0 Å². The normalized spacial score (nSPS) is 22.4. The third-order valence-corrected chi connectivity index (χ3v) is 2.79. The molecule has 0 saturated heterocycles. The number of nitrogens with zero attached hydrogens (tertiary/aromatic N) is 3. The molecule has 0 aromatic carbocycles. The van der Waals surface area contributed by atoms with Crippen LogP contribution in [0.5, 0.6) is 0 Å². The van der Waals surface area contributed by atoms with E-state index in [0.29, 0.717) is 6.04 Å². The van der Waals surface area contributed by atoms with Crippen LogP contribution in [0.4, 0.5) is 0 Å². The molecule has 0 radical (unpaired) electrons. The highest BCUT2D eigenvalue weighted by Crippen LogP contribution is 2.15. The number of hydrogen-bond donors (Lipinski definition) is 0. The van der Waals surface area contributed by atoms with Gasteiger partial charge < -0.3 is 0 Å². The van der Waals surface area contributed by atoms with Crippen molar-refractivity contribution in [3.63, 3.8) is 0 Å². The van der Waals surface area contributed by atoms with Crippen LogP contribution in [-0.2, 0) is 13.5 Å². The van der Waals surface area contributed by atoms with Crippen LogP contribution in [-0.4, -0.2) is 9.67 Å². The van der Waals surface area contributed by atoms with Gasteiger partial charge in [-0.05, 0) is 24.7 Å². The summed E-state index contributed by atoms with van der Waals surface area (Å²) in [5, 5.41) is 0. The lowest BCUT2D eigenvalue weighted by atomic mass is 10.1. The molecule has 0 amide bonds. The first-order valence-corrected chi connectivity index (χ1v) is 4.64. The van der Waals surface area contributed by atoms with Crippen LogP contribution < -0.4 is 4.68 Å². The van der Waals surface area contributed by atoms with E-state index in [-0.39, 0.29) is 0 Å². The summed E-state index contributed by atoms with van der Waals surface area (Å²) in [5.74, 6) is 2.38. The van der Waals surface area contributed by atoms with Gasteiger partial charge >= 0.3 is 5.82 Å². The minimum Gasteiger partial charge on any atom is -0.181 e. The SMILES string of the molecule is Cc1nc2[n+](n1C)C(C)CCC2. The Hall–Kier alpha value is -0.860. The molecule has 0 aliphatic carbocycles. The molecule has 1 unspecified atom stereocenters. The second kappa shape index (κ2) is 2.57. The zero-order chi connectivity index (χ0) is 8.72. The third kappa shape index (κ3) is 0.958. The first kappa shape index (κ1) is 7.77.